The lowest BCUT2D eigenvalue weighted by molar-refractivity contribution is -0.121. The number of nitrogens with one attached hydrogen (secondary N) is 1. The van der Waals surface area contributed by atoms with Crippen molar-refractivity contribution in [2.24, 2.45) is 0 Å². The molecule has 0 radical (unpaired) electrons. The van der Waals surface area contributed by atoms with Gasteiger partial charge in [-0.3, -0.25) is 9.59 Å². The van der Waals surface area contributed by atoms with Crippen molar-refractivity contribution in [2.75, 3.05) is 0 Å². The van der Waals surface area contributed by atoms with Gasteiger partial charge >= 0.3 is 0 Å². The molecule has 1 saturated heterocycles. The predicted molar refractivity (Wildman–Crippen MR) is 70.7 cm³/mol. The number of hydrogen-bond acceptors (Lipinski definition) is 2. The molecule has 18 heavy (non-hydrogen) atoms. The van der Waals surface area contributed by atoms with E-state index in [2.05, 4.69) is 5.32 Å². The van der Waals surface area contributed by atoms with Gasteiger partial charge in [0.05, 0.1) is 6.04 Å². The number of Topliss-reactive ketones (excluding diaryl/α,β-unsaturated/α-hetero) is 1. The molecule has 1 heterocycles. The topological polar surface area (TPSA) is 46.2 Å². The quantitative estimate of drug-likeness (QED) is 0.675. The maximum absolute atomic E-state index is 12.2. The van der Waals surface area contributed by atoms with Gasteiger partial charge in [0, 0.05) is 17.9 Å². The van der Waals surface area contributed by atoms with Crippen LogP contribution >= 0.6 is 11.6 Å². The first-order valence-electron chi connectivity index (χ1n) is 6.19. The van der Waals surface area contributed by atoms with E-state index in [9.17, 15) is 9.59 Å². The standard InChI is InChI=1S/C14H16ClNO2/c15-9-10-5-7-11(8-6-10)14(18)12-3-1-2-4-13(17)16-12/h5-8,12H,1-4,9H2,(H,16,17). The molecule has 1 amide bonds. The van der Waals surface area contributed by atoms with Gasteiger partial charge in [-0.1, -0.05) is 30.7 Å². The fourth-order valence-corrected chi connectivity index (χ4v) is 2.31. The minimum absolute atomic E-state index is 0.00799. The van der Waals surface area contributed by atoms with Gasteiger partial charge in [0.2, 0.25) is 5.91 Å². The first-order valence-corrected chi connectivity index (χ1v) is 6.72. The Bertz CT molecular complexity index is 442. The Morgan fingerprint density at radius 1 is 1.28 bits per heavy atom. The van der Waals surface area contributed by atoms with Crippen molar-refractivity contribution >= 4 is 23.3 Å². The van der Waals surface area contributed by atoms with Gasteiger partial charge in [-0.05, 0) is 18.4 Å². The van der Waals surface area contributed by atoms with Crippen molar-refractivity contribution in [3.8, 4) is 0 Å². The molecule has 96 valence electrons. The summed E-state index contributed by atoms with van der Waals surface area (Å²) in [4.78, 5) is 23.7. The van der Waals surface area contributed by atoms with E-state index in [0.29, 0.717) is 17.9 Å². The second-order valence-corrected chi connectivity index (χ2v) is 4.83. The van der Waals surface area contributed by atoms with Gasteiger partial charge in [-0.25, -0.2) is 0 Å². The van der Waals surface area contributed by atoms with E-state index < -0.39 is 0 Å². The van der Waals surface area contributed by atoms with E-state index in [0.717, 1.165) is 24.8 Å². The molecule has 1 unspecified atom stereocenters. The van der Waals surface area contributed by atoms with Crippen LogP contribution in [0.4, 0.5) is 0 Å². The van der Waals surface area contributed by atoms with Crippen LogP contribution in [0.15, 0.2) is 24.3 Å². The normalized spacial score (nSPS) is 20.1. The molecule has 1 aromatic carbocycles. The predicted octanol–water partition coefficient (Wildman–Crippen LogP) is 2.67. The Labute approximate surface area is 112 Å². The molecule has 1 fully saturated rings. The lowest BCUT2D eigenvalue weighted by atomic mass is 9.99. The lowest BCUT2D eigenvalue weighted by Gasteiger charge is -2.14. The summed E-state index contributed by atoms with van der Waals surface area (Å²) in [5.74, 6) is 0.406. The maximum atomic E-state index is 12.2. The molecule has 0 aliphatic carbocycles. The Kier molecular flexibility index (Phi) is 4.37. The van der Waals surface area contributed by atoms with Gasteiger partial charge < -0.3 is 5.32 Å². The van der Waals surface area contributed by atoms with Gasteiger partial charge in [0.15, 0.2) is 5.78 Å². The number of amides is 1. The van der Waals surface area contributed by atoms with E-state index in [1.807, 2.05) is 12.1 Å². The van der Waals surface area contributed by atoms with Crippen LogP contribution in [0.5, 0.6) is 0 Å². The molecule has 4 heteroatoms. The van der Waals surface area contributed by atoms with Crippen LogP contribution in [0.2, 0.25) is 0 Å². The Balaban J connectivity index is 2.11. The SMILES string of the molecule is O=C1CCCCC(C(=O)c2ccc(CCl)cc2)N1. The summed E-state index contributed by atoms with van der Waals surface area (Å²) in [6, 6.07) is 6.87. The van der Waals surface area contributed by atoms with Crippen molar-refractivity contribution in [1.82, 2.24) is 5.32 Å². The average molecular weight is 266 g/mol. The summed E-state index contributed by atoms with van der Waals surface area (Å²) in [7, 11) is 0. The highest BCUT2D eigenvalue weighted by Crippen LogP contribution is 2.15. The molecule has 2 rings (SSSR count). The molecule has 1 aliphatic rings. The number of carbonyl (C=O) groups excluding carboxylic acids is 2. The summed E-state index contributed by atoms with van der Waals surface area (Å²) >= 11 is 5.71. The smallest absolute Gasteiger partial charge is 0.220 e. The first-order chi connectivity index (χ1) is 8.70. The molecule has 0 aromatic heterocycles. The Morgan fingerprint density at radius 2 is 2.00 bits per heavy atom. The maximum Gasteiger partial charge on any atom is 0.220 e. The summed E-state index contributed by atoms with van der Waals surface area (Å²) in [6.45, 7) is 0. The molecule has 3 nitrogen and oxygen atoms in total. The second kappa shape index (κ2) is 6.01. The van der Waals surface area contributed by atoms with Gasteiger partial charge in [-0.2, -0.15) is 0 Å². The van der Waals surface area contributed by atoms with E-state index in [4.69, 9.17) is 11.6 Å². The van der Waals surface area contributed by atoms with Crippen molar-refractivity contribution < 1.29 is 9.59 Å². The molecule has 1 N–H and O–H groups in total. The van der Waals surface area contributed by atoms with Crippen LogP contribution < -0.4 is 5.32 Å². The molecule has 0 saturated carbocycles. The summed E-state index contributed by atoms with van der Waals surface area (Å²) in [5, 5.41) is 2.79. The minimum Gasteiger partial charge on any atom is -0.346 e. The highest BCUT2D eigenvalue weighted by molar-refractivity contribution is 6.17. The van der Waals surface area contributed by atoms with Crippen LogP contribution in [0.3, 0.4) is 0 Å². The highest BCUT2D eigenvalue weighted by Gasteiger charge is 2.23. The number of halogens is 1. The van der Waals surface area contributed by atoms with Crippen LogP contribution in [0.25, 0.3) is 0 Å². The van der Waals surface area contributed by atoms with Crippen molar-refractivity contribution in [3.05, 3.63) is 35.4 Å². The third kappa shape index (κ3) is 3.10. The summed E-state index contributed by atoms with van der Waals surface area (Å²) in [5.41, 5.74) is 1.62. The molecule has 1 aliphatic heterocycles. The third-order valence-corrected chi connectivity index (χ3v) is 3.50. The highest BCUT2D eigenvalue weighted by atomic mass is 35.5. The lowest BCUT2D eigenvalue weighted by Crippen LogP contribution is -2.39. The molecular formula is C14H16ClNO2. The van der Waals surface area contributed by atoms with Gasteiger partial charge in [-0.15, -0.1) is 11.6 Å². The van der Waals surface area contributed by atoms with E-state index >= 15 is 0 Å². The minimum atomic E-state index is -0.373. The van der Waals surface area contributed by atoms with Crippen molar-refractivity contribution in [3.63, 3.8) is 0 Å². The van der Waals surface area contributed by atoms with E-state index in [1.165, 1.54) is 0 Å². The largest absolute Gasteiger partial charge is 0.346 e. The van der Waals surface area contributed by atoms with Gasteiger partial charge in [0.1, 0.15) is 0 Å². The van der Waals surface area contributed by atoms with Crippen LogP contribution in [0, 0.1) is 0 Å². The molecule has 0 bridgehead atoms. The van der Waals surface area contributed by atoms with Crippen molar-refractivity contribution in [1.29, 1.82) is 0 Å². The molecule has 1 atom stereocenters. The average Bonchev–Trinajstić information content (AvgIpc) is 2.63. The fourth-order valence-electron chi connectivity index (χ4n) is 2.13. The number of rotatable bonds is 3. The molecular weight excluding hydrogens is 250 g/mol. The van der Waals surface area contributed by atoms with E-state index in [-0.39, 0.29) is 17.7 Å². The zero-order valence-electron chi connectivity index (χ0n) is 10.1. The molecule has 0 spiro atoms. The van der Waals surface area contributed by atoms with Crippen LogP contribution in [-0.4, -0.2) is 17.7 Å². The second-order valence-electron chi connectivity index (χ2n) is 4.56. The zero-order valence-corrected chi connectivity index (χ0v) is 10.9. The number of hydrogen-bond donors (Lipinski definition) is 1. The Hall–Kier alpha value is -1.35. The molecule has 1 aromatic rings. The van der Waals surface area contributed by atoms with Gasteiger partial charge in [0.25, 0.3) is 0 Å². The summed E-state index contributed by atoms with van der Waals surface area (Å²) in [6.07, 6.45) is 3.02. The third-order valence-electron chi connectivity index (χ3n) is 3.19. The number of ketones is 1. The fraction of sp³-hybridized carbons (Fsp3) is 0.429. The van der Waals surface area contributed by atoms with Crippen molar-refractivity contribution in [2.45, 2.75) is 37.6 Å². The van der Waals surface area contributed by atoms with Crippen LogP contribution in [-0.2, 0) is 10.7 Å². The number of alkyl halides is 1. The number of benzene rings is 1. The van der Waals surface area contributed by atoms with Crippen LogP contribution in [0.1, 0.15) is 41.6 Å². The monoisotopic (exact) mass is 265 g/mol. The van der Waals surface area contributed by atoms with E-state index in [1.54, 1.807) is 12.1 Å². The zero-order chi connectivity index (χ0) is 13.0. The summed E-state index contributed by atoms with van der Waals surface area (Å²) < 4.78 is 0. The first kappa shape index (κ1) is 13.1. The Morgan fingerprint density at radius 3 is 2.67 bits per heavy atom. The number of carbonyl (C=O) groups is 2.